The van der Waals surface area contributed by atoms with Crippen molar-refractivity contribution >= 4 is 11.9 Å². The van der Waals surface area contributed by atoms with Gasteiger partial charge in [0.1, 0.15) is 24.4 Å². The fourth-order valence-corrected chi connectivity index (χ4v) is 3.17. The molecule has 2 heterocycles. The summed E-state index contributed by atoms with van der Waals surface area (Å²) in [5.74, 6) is -4.08. The zero-order chi connectivity index (χ0) is 21.0. The van der Waals surface area contributed by atoms with E-state index in [-0.39, 0.29) is 5.57 Å². The predicted octanol–water partition coefficient (Wildman–Crippen LogP) is -3.23. The maximum absolute atomic E-state index is 11.9. The van der Waals surface area contributed by atoms with E-state index >= 15 is 0 Å². The van der Waals surface area contributed by atoms with Crippen LogP contribution in [0.5, 0.6) is 0 Å². The number of aliphatic carboxylic acids is 1. The summed E-state index contributed by atoms with van der Waals surface area (Å²) < 4.78 is 20.7. The number of carboxylic acid groups (broad SMARTS) is 1. The largest absolute Gasteiger partial charge is 0.550 e. The molecule has 0 aliphatic carbocycles. The Bertz CT molecular complexity index is 616. The molecule has 28 heavy (non-hydrogen) atoms. The number of methoxy groups -OCH3 is 1. The molecular formula is C17H23O11-. The molecule has 1 saturated heterocycles. The Balaban J connectivity index is 2.24. The highest BCUT2D eigenvalue weighted by Crippen LogP contribution is 2.36. The summed E-state index contributed by atoms with van der Waals surface area (Å²) in [7, 11) is 1.12. The lowest BCUT2D eigenvalue weighted by molar-refractivity contribution is -0.340. The van der Waals surface area contributed by atoms with Crippen molar-refractivity contribution in [2.75, 3.05) is 13.7 Å². The molecule has 1 fully saturated rings. The van der Waals surface area contributed by atoms with E-state index in [9.17, 15) is 35.1 Å². The Morgan fingerprint density at radius 3 is 2.46 bits per heavy atom. The van der Waals surface area contributed by atoms with Crippen LogP contribution in [0.1, 0.15) is 6.42 Å². The average molecular weight is 403 g/mol. The second-order valence-electron chi connectivity index (χ2n) is 6.40. The minimum Gasteiger partial charge on any atom is -0.550 e. The van der Waals surface area contributed by atoms with Crippen molar-refractivity contribution in [3.8, 4) is 0 Å². The van der Waals surface area contributed by atoms with Crippen molar-refractivity contribution in [3.05, 3.63) is 24.5 Å². The Morgan fingerprint density at radius 1 is 1.25 bits per heavy atom. The number of hydrogen-bond acceptors (Lipinski definition) is 11. The Labute approximate surface area is 160 Å². The zero-order valence-electron chi connectivity index (χ0n) is 15.0. The van der Waals surface area contributed by atoms with Crippen LogP contribution in [0, 0.1) is 11.8 Å². The second kappa shape index (κ2) is 9.45. The van der Waals surface area contributed by atoms with Gasteiger partial charge in [-0.15, -0.1) is 6.58 Å². The first-order valence-electron chi connectivity index (χ1n) is 8.47. The van der Waals surface area contributed by atoms with E-state index < -0.39 is 73.8 Å². The smallest absolute Gasteiger partial charge is 0.337 e. The quantitative estimate of drug-likeness (QED) is 0.248. The molecule has 0 aromatic heterocycles. The molecule has 0 spiro atoms. The highest BCUT2D eigenvalue weighted by atomic mass is 16.8. The molecule has 11 nitrogen and oxygen atoms in total. The van der Waals surface area contributed by atoms with Crippen LogP contribution in [0.25, 0.3) is 0 Å². The average Bonchev–Trinajstić information content (AvgIpc) is 2.67. The van der Waals surface area contributed by atoms with Gasteiger partial charge in [-0.1, -0.05) is 6.08 Å². The molecule has 0 unspecified atom stereocenters. The van der Waals surface area contributed by atoms with Crippen LogP contribution in [0.2, 0.25) is 0 Å². The standard InChI is InChI=1S/C17H24O11/c1-3-7-8(4-11(19)20)9(15(24)25-2)6-26-16(7)28-17-14(23)13(22)12(21)10(5-18)27-17/h3,6-8,10,12-14,16-18,21-23H,1,4-5H2,2H3,(H,19,20)/p-1/t7-,8+,10-,12-,13+,14-,16+,17+/m1/s1. The first-order chi connectivity index (χ1) is 13.2. The number of aliphatic hydroxyl groups is 4. The van der Waals surface area contributed by atoms with Crippen LogP contribution in [0.15, 0.2) is 24.5 Å². The third-order valence-electron chi connectivity index (χ3n) is 4.70. The van der Waals surface area contributed by atoms with Gasteiger partial charge in [0, 0.05) is 17.8 Å². The van der Waals surface area contributed by atoms with E-state index in [2.05, 4.69) is 11.3 Å². The number of rotatable bonds is 7. The molecule has 0 saturated carbocycles. The monoisotopic (exact) mass is 403 g/mol. The van der Waals surface area contributed by atoms with Crippen LogP contribution in [-0.4, -0.2) is 83.1 Å². The van der Waals surface area contributed by atoms with Crippen molar-refractivity contribution in [2.24, 2.45) is 11.8 Å². The molecule has 0 bridgehead atoms. The Kier molecular flexibility index (Phi) is 7.52. The number of aliphatic hydroxyl groups excluding tert-OH is 4. The fraction of sp³-hybridized carbons (Fsp3) is 0.647. The van der Waals surface area contributed by atoms with Gasteiger partial charge in [0.2, 0.25) is 6.29 Å². The minimum atomic E-state index is -1.68. The van der Waals surface area contributed by atoms with Crippen LogP contribution in [-0.2, 0) is 28.5 Å². The van der Waals surface area contributed by atoms with Gasteiger partial charge in [-0.25, -0.2) is 4.79 Å². The highest BCUT2D eigenvalue weighted by Gasteiger charge is 2.47. The summed E-state index contributed by atoms with van der Waals surface area (Å²) in [5.41, 5.74) is -0.0646. The molecule has 0 radical (unpaired) electrons. The summed E-state index contributed by atoms with van der Waals surface area (Å²) in [5, 5.41) is 50.1. The molecule has 158 valence electrons. The molecule has 0 aromatic rings. The topological polar surface area (TPSA) is 175 Å². The van der Waals surface area contributed by atoms with Crippen molar-refractivity contribution in [2.45, 2.75) is 43.4 Å². The van der Waals surface area contributed by atoms with Crippen molar-refractivity contribution in [1.29, 1.82) is 0 Å². The second-order valence-corrected chi connectivity index (χ2v) is 6.40. The maximum Gasteiger partial charge on any atom is 0.337 e. The highest BCUT2D eigenvalue weighted by molar-refractivity contribution is 5.89. The number of hydrogen-bond donors (Lipinski definition) is 4. The summed E-state index contributed by atoms with van der Waals surface area (Å²) in [6.07, 6.45) is -7.16. The SMILES string of the molecule is C=C[C@H]1[C@H](O[C@@H]2O[C@H](CO)[C@@H](O)[C@H](O)[C@H]2O)OC=C(C(=O)OC)[C@H]1CC(=O)[O-]. The van der Waals surface area contributed by atoms with Gasteiger partial charge in [-0.2, -0.15) is 0 Å². The van der Waals surface area contributed by atoms with Crippen molar-refractivity contribution < 1.29 is 54.1 Å². The third-order valence-corrected chi connectivity index (χ3v) is 4.70. The first kappa shape index (κ1) is 22.3. The van der Waals surface area contributed by atoms with Crippen LogP contribution in [0.4, 0.5) is 0 Å². The molecule has 11 heteroatoms. The maximum atomic E-state index is 11.9. The molecular weight excluding hydrogens is 380 g/mol. The van der Waals surface area contributed by atoms with E-state index in [4.69, 9.17) is 14.2 Å². The lowest BCUT2D eigenvalue weighted by Crippen LogP contribution is -2.60. The van der Waals surface area contributed by atoms with Gasteiger partial charge in [0.15, 0.2) is 6.29 Å². The zero-order valence-corrected chi connectivity index (χ0v) is 15.0. The molecule has 0 aromatic carbocycles. The van der Waals surface area contributed by atoms with Crippen molar-refractivity contribution in [1.82, 2.24) is 0 Å². The lowest BCUT2D eigenvalue weighted by Gasteiger charge is -2.43. The molecule has 2 aliphatic rings. The van der Waals surface area contributed by atoms with Crippen LogP contribution >= 0.6 is 0 Å². The number of esters is 1. The molecule has 2 aliphatic heterocycles. The third kappa shape index (κ3) is 4.51. The minimum absolute atomic E-state index is 0.0646. The van der Waals surface area contributed by atoms with Crippen LogP contribution < -0.4 is 5.11 Å². The van der Waals surface area contributed by atoms with Gasteiger partial charge < -0.3 is 49.3 Å². The van der Waals surface area contributed by atoms with E-state index in [1.807, 2.05) is 0 Å². The van der Waals surface area contributed by atoms with Gasteiger partial charge in [0.25, 0.3) is 0 Å². The van der Waals surface area contributed by atoms with Gasteiger partial charge in [-0.05, 0) is 6.42 Å². The first-order valence-corrected chi connectivity index (χ1v) is 8.47. The van der Waals surface area contributed by atoms with E-state index in [0.717, 1.165) is 13.4 Å². The molecule has 0 amide bonds. The molecule has 4 N–H and O–H groups in total. The summed E-state index contributed by atoms with van der Waals surface area (Å²) >= 11 is 0. The van der Waals surface area contributed by atoms with Crippen molar-refractivity contribution in [3.63, 3.8) is 0 Å². The fourth-order valence-electron chi connectivity index (χ4n) is 3.17. The number of carboxylic acids is 1. The molecule has 8 atom stereocenters. The predicted molar refractivity (Wildman–Crippen MR) is 86.6 cm³/mol. The van der Waals surface area contributed by atoms with Gasteiger partial charge in [-0.3, -0.25) is 0 Å². The summed E-state index contributed by atoms with van der Waals surface area (Å²) in [4.78, 5) is 23.1. The number of carbonyl (C=O) groups excluding carboxylic acids is 2. The van der Waals surface area contributed by atoms with E-state index in [1.165, 1.54) is 6.08 Å². The van der Waals surface area contributed by atoms with Gasteiger partial charge in [0.05, 0.1) is 25.6 Å². The van der Waals surface area contributed by atoms with Gasteiger partial charge >= 0.3 is 5.97 Å². The summed E-state index contributed by atoms with van der Waals surface area (Å²) in [6.45, 7) is 2.94. The lowest BCUT2D eigenvalue weighted by atomic mass is 9.81. The van der Waals surface area contributed by atoms with E-state index in [1.54, 1.807) is 0 Å². The normalized spacial score (nSPS) is 38.1. The Morgan fingerprint density at radius 2 is 1.93 bits per heavy atom. The number of ether oxygens (including phenoxy) is 4. The van der Waals surface area contributed by atoms with E-state index in [0.29, 0.717) is 0 Å². The summed E-state index contributed by atoms with van der Waals surface area (Å²) in [6, 6.07) is 0. The molecule has 2 rings (SSSR count). The van der Waals surface area contributed by atoms with Crippen LogP contribution in [0.3, 0.4) is 0 Å². The Hall–Kier alpha value is -2.02. The number of carbonyl (C=O) groups is 2.